The Morgan fingerprint density at radius 1 is 0.935 bits per heavy atom. The lowest BCUT2D eigenvalue weighted by Gasteiger charge is -2.20. The van der Waals surface area contributed by atoms with E-state index >= 15 is 0 Å². The van der Waals surface area contributed by atoms with Gasteiger partial charge in [0, 0.05) is 11.7 Å². The van der Waals surface area contributed by atoms with Gasteiger partial charge in [0.1, 0.15) is 5.75 Å². The minimum atomic E-state index is -0.245. The molecule has 3 aromatic carbocycles. The zero-order valence-corrected chi connectivity index (χ0v) is 17.5. The van der Waals surface area contributed by atoms with Crippen molar-refractivity contribution in [3.8, 4) is 17.2 Å². The van der Waals surface area contributed by atoms with E-state index in [9.17, 15) is 4.79 Å². The fourth-order valence-corrected chi connectivity index (χ4v) is 3.58. The van der Waals surface area contributed by atoms with Crippen LogP contribution in [0.5, 0.6) is 17.2 Å². The van der Waals surface area contributed by atoms with E-state index < -0.39 is 0 Å². The molecule has 160 valence electrons. The van der Waals surface area contributed by atoms with Crippen LogP contribution in [0.25, 0.3) is 0 Å². The number of ether oxygens (including phenoxy) is 3. The molecule has 0 aromatic heterocycles. The minimum absolute atomic E-state index is 0.0922. The Hall–Kier alpha value is -3.67. The maximum absolute atomic E-state index is 12.7. The van der Waals surface area contributed by atoms with Crippen molar-refractivity contribution in [2.45, 2.75) is 25.8 Å². The molecule has 6 nitrogen and oxygen atoms in total. The number of benzene rings is 3. The largest absolute Gasteiger partial charge is 0.494 e. The summed E-state index contributed by atoms with van der Waals surface area (Å²) in [5.41, 5.74) is 2.95. The first kappa shape index (κ1) is 20.6. The second kappa shape index (κ2) is 9.89. The number of rotatable bonds is 8. The van der Waals surface area contributed by atoms with E-state index in [2.05, 4.69) is 22.8 Å². The fraction of sp³-hybridized carbons (Fsp3) is 0.240. The van der Waals surface area contributed by atoms with Gasteiger partial charge in [0.15, 0.2) is 11.5 Å². The maximum Gasteiger partial charge on any atom is 0.319 e. The van der Waals surface area contributed by atoms with Crippen LogP contribution >= 0.6 is 0 Å². The normalized spacial score (nSPS) is 12.8. The zero-order chi connectivity index (χ0) is 21.5. The smallest absolute Gasteiger partial charge is 0.319 e. The molecule has 0 saturated heterocycles. The standard InChI is InChI=1S/C25H26N2O4/c1-2-29-22-11-9-20(10-12-22)26-25(28)27-21(14-18-6-4-3-5-7-18)15-19-8-13-23-24(16-19)31-17-30-23/h3-13,16,21H,2,14-15,17H2,1H3,(H2,26,27,28)/t21-/m0/s1. The Balaban J connectivity index is 1.43. The third-order valence-corrected chi connectivity index (χ3v) is 5.00. The number of urea groups is 1. The molecule has 2 amide bonds. The van der Waals surface area contributed by atoms with Crippen molar-refractivity contribution in [1.29, 1.82) is 0 Å². The highest BCUT2D eigenvalue weighted by Gasteiger charge is 2.18. The van der Waals surface area contributed by atoms with E-state index in [4.69, 9.17) is 14.2 Å². The first-order valence-corrected chi connectivity index (χ1v) is 10.4. The van der Waals surface area contributed by atoms with Gasteiger partial charge in [0.25, 0.3) is 0 Å². The average molecular weight is 418 g/mol. The summed E-state index contributed by atoms with van der Waals surface area (Å²) in [7, 11) is 0. The van der Waals surface area contributed by atoms with Crippen LogP contribution in [0.1, 0.15) is 18.1 Å². The van der Waals surface area contributed by atoms with E-state index in [1.807, 2.05) is 67.6 Å². The molecular formula is C25H26N2O4. The molecule has 0 saturated carbocycles. The third kappa shape index (κ3) is 5.69. The van der Waals surface area contributed by atoms with Crippen LogP contribution in [-0.2, 0) is 12.8 Å². The summed E-state index contributed by atoms with van der Waals surface area (Å²) in [5, 5.41) is 6.02. The SMILES string of the molecule is CCOc1ccc(NC(=O)N[C@@H](Cc2ccccc2)Cc2ccc3c(c2)OCO3)cc1. The van der Waals surface area contributed by atoms with Gasteiger partial charge in [-0.05, 0) is 67.3 Å². The Morgan fingerprint density at radius 2 is 1.68 bits per heavy atom. The molecule has 1 aliphatic heterocycles. The fourth-order valence-electron chi connectivity index (χ4n) is 3.58. The van der Waals surface area contributed by atoms with E-state index in [0.717, 1.165) is 28.4 Å². The molecule has 0 radical (unpaired) electrons. The lowest BCUT2D eigenvalue weighted by molar-refractivity contribution is 0.174. The molecule has 1 atom stereocenters. The molecule has 1 aliphatic rings. The predicted octanol–water partition coefficient (Wildman–Crippen LogP) is 4.79. The van der Waals surface area contributed by atoms with Crippen molar-refractivity contribution < 1.29 is 19.0 Å². The maximum atomic E-state index is 12.7. The highest BCUT2D eigenvalue weighted by molar-refractivity contribution is 5.89. The number of hydrogen-bond acceptors (Lipinski definition) is 4. The Morgan fingerprint density at radius 3 is 2.45 bits per heavy atom. The number of carbonyl (C=O) groups is 1. The number of nitrogens with one attached hydrogen (secondary N) is 2. The van der Waals surface area contributed by atoms with Crippen LogP contribution < -0.4 is 24.8 Å². The molecular weight excluding hydrogens is 392 g/mol. The topological polar surface area (TPSA) is 68.8 Å². The number of anilines is 1. The molecule has 0 spiro atoms. The van der Waals surface area contributed by atoms with Crippen molar-refractivity contribution in [3.63, 3.8) is 0 Å². The first-order valence-electron chi connectivity index (χ1n) is 10.4. The molecule has 0 bridgehead atoms. The second-order valence-corrected chi connectivity index (χ2v) is 7.33. The molecule has 2 N–H and O–H groups in total. The predicted molar refractivity (Wildman–Crippen MR) is 120 cm³/mol. The molecule has 1 heterocycles. The summed E-state index contributed by atoms with van der Waals surface area (Å²) in [5.74, 6) is 2.28. The van der Waals surface area contributed by atoms with Gasteiger partial charge < -0.3 is 24.8 Å². The molecule has 3 aromatic rings. The van der Waals surface area contributed by atoms with Gasteiger partial charge >= 0.3 is 6.03 Å². The summed E-state index contributed by atoms with van der Waals surface area (Å²) in [6, 6.07) is 23.0. The molecule has 0 fully saturated rings. The van der Waals surface area contributed by atoms with Crippen molar-refractivity contribution in [1.82, 2.24) is 5.32 Å². The molecule has 31 heavy (non-hydrogen) atoms. The van der Waals surface area contributed by atoms with Crippen molar-refractivity contribution in [2.75, 3.05) is 18.7 Å². The molecule has 0 aliphatic carbocycles. The third-order valence-electron chi connectivity index (χ3n) is 5.00. The quantitative estimate of drug-likeness (QED) is 0.552. The summed E-state index contributed by atoms with van der Waals surface area (Å²) >= 11 is 0. The van der Waals surface area contributed by atoms with Gasteiger partial charge in [-0.3, -0.25) is 0 Å². The summed E-state index contributed by atoms with van der Waals surface area (Å²) in [4.78, 5) is 12.7. The van der Waals surface area contributed by atoms with Gasteiger partial charge in [-0.25, -0.2) is 4.79 Å². The van der Waals surface area contributed by atoms with Gasteiger partial charge in [0.05, 0.1) is 6.61 Å². The van der Waals surface area contributed by atoms with Gasteiger partial charge in [-0.1, -0.05) is 36.4 Å². The Labute approximate surface area is 182 Å². The molecule has 4 rings (SSSR count). The van der Waals surface area contributed by atoms with Crippen molar-refractivity contribution >= 4 is 11.7 Å². The molecule has 0 unspecified atom stereocenters. The van der Waals surface area contributed by atoms with E-state index in [1.54, 1.807) is 0 Å². The van der Waals surface area contributed by atoms with Crippen LogP contribution in [-0.4, -0.2) is 25.5 Å². The zero-order valence-electron chi connectivity index (χ0n) is 17.5. The number of fused-ring (bicyclic) bond motifs is 1. The van der Waals surface area contributed by atoms with Crippen LogP contribution in [0.2, 0.25) is 0 Å². The Bertz CT molecular complexity index is 1010. The monoisotopic (exact) mass is 418 g/mol. The first-order chi connectivity index (χ1) is 15.2. The van der Waals surface area contributed by atoms with Crippen LogP contribution in [0.4, 0.5) is 10.5 Å². The summed E-state index contributed by atoms with van der Waals surface area (Å²) < 4.78 is 16.3. The minimum Gasteiger partial charge on any atom is -0.494 e. The number of amides is 2. The highest BCUT2D eigenvalue weighted by atomic mass is 16.7. The van der Waals surface area contributed by atoms with Gasteiger partial charge in [-0.15, -0.1) is 0 Å². The lowest BCUT2D eigenvalue weighted by Crippen LogP contribution is -2.40. The van der Waals surface area contributed by atoms with E-state index in [1.165, 1.54) is 0 Å². The Kier molecular flexibility index (Phi) is 6.57. The lowest BCUT2D eigenvalue weighted by atomic mass is 9.98. The highest BCUT2D eigenvalue weighted by Crippen LogP contribution is 2.33. The van der Waals surface area contributed by atoms with Crippen molar-refractivity contribution in [2.24, 2.45) is 0 Å². The molecule has 6 heteroatoms. The van der Waals surface area contributed by atoms with Crippen LogP contribution in [0.15, 0.2) is 72.8 Å². The van der Waals surface area contributed by atoms with Crippen LogP contribution in [0, 0.1) is 0 Å². The number of hydrogen-bond donors (Lipinski definition) is 2. The summed E-state index contributed by atoms with van der Waals surface area (Å²) in [6.45, 7) is 2.79. The van der Waals surface area contributed by atoms with Gasteiger partial charge in [0.2, 0.25) is 6.79 Å². The van der Waals surface area contributed by atoms with Gasteiger partial charge in [-0.2, -0.15) is 0 Å². The van der Waals surface area contributed by atoms with Crippen molar-refractivity contribution in [3.05, 3.63) is 83.9 Å². The summed E-state index contributed by atoms with van der Waals surface area (Å²) in [6.07, 6.45) is 1.38. The van der Waals surface area contributed by atoms with Crippen LogP contribution in [0.3, 0.4) is 0 Å². The average Bonchev–Trinajstić information content (AvgIpc) is 3.24. The second-order valence-electron chi connectivity index (χ2n) is 7.33. The van der Waals surface area contributed by atoms with E-state index in [0.29, 0.717) is 25.1 Å². The number of carbonyl (C=O) groups excluding carboxylic acids is 1. The van der Waals surface area contributed by atoms with E-state index in [-0.39, 0.29) is 18.9 Å².